The minimum absolute atomic E-state index is 0.159. The number of aliphatic carboxylic acids is 1. The van der Waals surface area contributed by atoms with Gasteiger partial charge in [-0.15, -0.1) is 0 Å². The fourth-order valence-corrected chi connectivity index (χ4v) is 6.71. The number of carbonyl (C=O) groups is 3. The van der Waals surface area contributed by atoms with E-state index < -0.39 is 51.1 Å². The lowest BCUT2D eigenvalue weighted by molar-refractivity contribution is -0.161. The number of unbranched alkanes of at least 4 members (excludes halogenated alkanes) is 23. The summed E-state index contributed by atoms with van der Waals surface area (Å²) in [6.45, 7) is 2.77. The second-order valence-corrected chi connectivity index (χ2v) is 16.3. The zero-order chi connectivity index (χ0) is 40.7. The van der Waals surface area contributed by atoms with Crippen molar-refractivity contribution in [1.82, 2.24) is 0 Å². The highest BCUT2D eigenvalue weighted by Gasteiger charge is 2.28. The zero-order valence-electron chi connectivity index (χ0n) is 34.8. The molecule has 0 fully saturated rings. The molecule has 3 atom stereocenters. The number of carboxylic acid groups (broad SMARTS) is 1. The summed E-state index contributed by atoms with van der Waals surface area (Å²) in [7, 11) is -4.71. The number of carbonyl (C=O) groups excluding carboxylic acids is 2. The molecule has 4 N–H and O–H groups in total. The third-order valence-corrected chi connectivity index (χ3v) is 10.4. The number of ether oxygens (including phenoxy) is 2. The van der Waals surface area contributed by atoms with Crippen molar-refractivity contribution in [1.29, 1.82) is 0 Å². The number of hydrogen-bond donors (Lipinski definition) is 3. The van der Waals surface area contributed by atoms with Gasteiger partial charge in [-0.3, -0.25) is 23.4 Å². The molecule has 0 rings (SSSR count). The van der Waals surface area contributed by atoms with E-state index in [1.807, 2.05) is 0 Å². The third-order valence-electron chi connectivity index (χ3n) is 9.42. The predicted molar refractivity (Wildman–Crippen MR) is 222 cm³/mol. The summed E-state index contributed by atoms with van der Waals surface area (Å²) in [4.78, 5) is 45.9. The molecule has 0 saturated carbocycles. The molecule has 11 nitrogen and oxygen atoms in total. The topological polar surface area (TPSA) is 172 Å². The normalized spacial score (nSPS) is 14.0. The van der Waals surface area contributed by atoms with Crippen LogP contribution in [-0.2, 0) is 37.5 Å². The van der Waals surface area contributed by atoms with Gasteiger partial charge in [0.15, 0.2) is 6.10 Å². The molecule has 0 aliphatic rings. The molecule has 0 saturated heterocycles. The van der Waals surface area contributed by atoms with Crippen LogP contribution in [0.25, 0.3) is 0 Å². The minimum Gasteiger partial charge on any atom is -0.480 e. The molecule has 0 heterocycles. The summed E-state index contributed by atoms with van der Waals surface area (Å²) >= 11 is 0. The van der Waals surface area contributed by atoms with Crippen LogP contribution >= 0.6 is 7.82 Å². The molecular formula is C43H80NO10P. The number of phosphoric acid groups is 1. The van der Waals surface area contributed by atoms with Crippen molar-refractivity contribution in [3.8, 4) is 0 Å². The number of carboxylic acids is 1. The standard InChI is InChI=1S/C43H80NO10P/c1-3-5-7-9-11-13-15-17-18-19-20-21-22-23-25-27-29-31-33-35-42(46)54-39(37-52-55(49,50)53-38-40(44)43(47)48)36-51-41(45)34-32-30-28-26-24-16-14-12-10-8-6-4-2/h12,14,17-18,39-40H,3-11,13,15-16,19-38,44H2,1-2H3,(H,47,48)(H,49,50)/b14-12+,18-17+/t39-,40-/m0/s1. The van der Waals surface area contributed by atoms with Crippen LogP contribution in [-0.4, -0.2) is 59.9 Å². The van der Waals surface area contributed by atoms with Gasteiger partial charge in [-0.2, -0.15) is 0 Å². The van der Waals surface area contributed by atoms with Crippen LogP contribution in [0.3, 0.4) is 0 Å². The second kappa shape index (κ2) is 38.8. The molecule has 322 valence electrons. The van der Waals surface area contributed by atoms with Gasteiger partial charge in [-0.25, -0.2) is 4.57 Å². The van der Waals surface area contributed by atoms with Gasteiger partial charge in [-0.1, -0.05) is 147 Å². The van der Waals surface area contributed by atoms with Gasteiger partial charge in [0.2, 0.25) is 0 Å². The summed E-state index contributed by atoms with van der Waals surface area (Å²) in [5, 5.41) is 8.88. The molecule has 1 unspecified atom stereocenters. The Balaban J connectivity index is 4.32. The van der Waals surface area contributed by atoms with Gasteiger partial charge in [0.25, 0.3) is 0 Å². The van der Waals surface area contributed by atoms with Crippen LogP contribution in [0.5, 0.6) is 0 Å². The first-order valence-electron chi connectivity index (χ1n) is 21.9. The Morgan fingerprint density at radius 3 is 1.36 bits per heavy atom. The monoisotopic (exact) mass is 802 g/mol. The Bertz CT molecular complexity index is 1040. The average molecular weight is 802 g/mol. The van der Waals surface area contributed by atoms with E-state index in [0.717, 1.165) is 57.8 Å². The lowest BCUT2D eigenvalue weighted by Gasteiger charge is -2.20. The maximum Gasteiger partial charge on any atom is 0.472 e. The maximum absolute atomic E-state index is 12.6. The van der Waals surface area contributed by atoms with Crippen molar-refractivity contribution < 1.29 is 47.5 Å². The molecule has 0 aromatic carbocycles. The lowest BCUT2D eigenvalue weighted by atomic mass is 10.1. The number of rotatable bonds is 41. The van der Waals surface area contributed by atoms with Crippen LogP contribution in [0.2, 0.25) is 0 Å². The van der Waals surface area contributed by atoms with Crippen molar-refractivity contribution in [3.63, 3.8) is 0 Å². The highest BCUT2D eigenvalue weighted by Crippen LogP contribution is 2.43. The van der Waals surface area contributed by atoms with Crippen molar-refractivity contribution in [2.75, 3.05) is 19.8 Å². The predicted octanol–water partition coefficient (Wildman–Crippen LogP) is 11.5. The van der Waals surface area contributed by atoms with E-state index in [1.165, 1.54) is 103 Å². The number of hydrogen-bond acceptors (Lipinski definition) is 9. The van der Waals surface area contributed by atoms with Gasteiger partial charge >= 0.3 is 25.7 Å². The van der Waals surface area contributed by atoms with E-state index in [1.54, 1.807) is 0 Å². The number of nitrogens with two attached hydrogens (primary N) is 1. The van der Waals surface area contributed by atoms with Crippen LogP contribution in [0.15, 0.2) is 24.3 Å². The first kappa shape index (κ1) is 53.0. The Labute approximate surface area is 334 Å². The van der Waals surface area contributed by atoms with Crippen LogP contribution in [0, 0.1) is 0 Å². The molecule has 0 aromatic rings. The minimum atomic E-state index is -4.71. The smallest absolute Gasteiger partial charge is 0.472 e. The van der Waals surface area contributed by atoms with E-state index >= 15 is 0 Å². The van der Waals surface area contributed by atoms with E-state index in [-0.39, 0.29) is 19.4 Å². The molecule has 55 heavy (non-hydrogen) atoms. The first-order chi connectivity index (χ1) is 26.6. The lowest BCUT2D eigenvalue weighted by Crippen LogP contribution is -2.34. The Hall–Kier alpha value is -2.04. The fourth-order valence-electron chi connectivity index (χ4n) is 5.94. The molecule has 0 aliphatic heterocycles. The molecule has 0 aromatic heterocycles. The molecule has 12 heteroatoms. The van der Waals surface area contributed by atoms with Gasteiger partial charge in [-0.05, 0) is 64.2 Å². The van der Waals surface area contributed by atoms with E-state index in [4.69, 9.17) is 24.8 Å². The molecule has 0 bridgehead atoms. The highest BCUT2D eigenvalue weighted by atomic mass is 31.2. The Morgan fingerprint density at radius 2 is 0.909 bits per heavy atom. The van der Waals surface area contributed by atoms with Crippen LogP contribution in [0.4, 0.5) is 0 Å². The number of allylic oxidation sites excluding steroid dienone is 4. The van der Waals surface area contributed by atoms with Gasteiger partial charge in [0.1, 0.15) is 12.6 Å². The summed E-state index contributed by atoms with van der Waals surface area (Å²) in [5.41, 5.74) is 5.33. The first-order valence-corrected chi connectivity index (χ1v) is 23.4. The van der Waals surface area contributed by atoms with Crippen LogP contribution < -0.4 is 5.73 Å². The van der Waals surface area contributed by atoms with Crippen molar-refractivity contribution >= 4 is 25.7 Å². The zero-order valence-corrected chi connectivity index (χ0v) is 35.7. The second-order valence-electron chi connectivity index (χ2n) is 14.8. The van der Waals surface area contributed by atoms with Gasteiger partial charge < -0.3 is 25.2 Å². The third kappa shape index (κ3) is 38.6. The summed E-state index contributed by atoms with van der Waals surface area (Å²) in [6, 6.07) is -1.52. The van der Waals surface area contributed by atoms with Gasteiger partial charge in [0.05, 0.1) is 13.2 Å². The Kier molecular flexibility index (Phi) is 37.4. The fraction of sp³-hybridized carbons (Fsp3) is 0.837. The van der Waals surface area contributed by atoms with Crippen LogP contribution in [0.1, 0.15) is 200 Å². The molecule has 0 amide bonds. The van der Waals surface area contributed by atoms with E-state index in [9.17, 15) is 23.8 Å². The van der Waals surface area contributed by atoms with Crippen molar-refractivity contribution in [2.45, 2.75) is 212 Å². The number of phosphoric ester groups is 1. The van der Waals surface area contributed by atoms with E-state index in [0.29, 0.717) is 12.8 Å². The summed E-state index contributed by atoms with van der Waals surface area (Å²) in [5.74, 6) is -2.39. The molecule has 0 radical (unpaired) electrons. The van der Waals surface area contributed by atoms with Crippen molar-refractivity contribution in [3.05, 3.63) is 24.3 Å². The molecule has 0 spiro atoms. The summed E-state index contributed by atoms with van der Waals surface area (Å²) < 4.78 is 32.7. The highest BCUT2D eigenvalue weighted by molar-refractivity contribution is 7.47. The maximum atomic E-state index is 12.6. The molecule has 0 aliphatic carbocycles. The molecular weight excluding hydrogens is 721 g/mol. The SMILES string of the molecule is CCCCC/C=C/CCCCCCCC(=O)OC[C@@H](COP(=O)(O)OC[C@H](N)C(=O)O)OC(=O)CCCCCCCCCCC/C=C/CCCCCCCC. The number of esters is 2. The Morgan fingerprint density at radius 1 is 0.545 bits per heavy atom. The quantitative estimate of drug-likeness (QED) is 0.0232. The van der Waals surface area contributed by atoms with Gasteiger partial charge in [0, 0.05) is 12.8 Å². The largest absolute Gasteiger partial charge is 0.480 e. The van der Waals surface area contributed by atoms with Crippen molar-refractivity contribution in [2.24, 2.45) is 5.73 Å². The summed E-state index contributed by atoms with van der Waals surface area (Å²) in [6.07, 6.45) is 39.6. The average Bonchev–Trinajstić information content (AvgIpc) is 3.16. The van der Waals surface area contributed by atoms with E-state index in [2.05, 4.69) is 42.7 Å².